The third-order valence-corrected chi connectivity index (χ3v) is 5.20. The van der Waals surface area contributed by atoms with E-state index in [0.717, 1.165) is 12.8 Å². The molecule has 90 valence electrons. The molecular weight excluding hydrogens is 250 g/mol. The molecular formula is C9H14ClN3O2S. The Morgan fingerprint density at radius 3 is 3.00 bits per heavy atom. The lowest BCUT2D eigenvalue weighted by molar-refractivity contribution is 0.406. The third kappa shape index (κ3) is 1.85. The first-order chi connectivity index (χ1) is 7.57. The Morgan fingerprint density at radius 2 is 2.44 bits per heavy atom. The van der Waals surface area contributed by atoms with Gasteiger partial charge in [0.15, 0.2) is 5.03 Å². The van der Waals surface area contributed by atoms with Crippen LogP contribution in [0.15, 0.2) is 11.2 Å². The Bertz CT molecular complexity index is 471. The molecule has 2 heterocycles. The Hall–Kier alpha value is -0.590. The minimum Gasteiger partial charge on any atom is -0.266 e. The van der Waals surface area contributed by atoms with Gasteiger partial charge < -0.3 is 0 Å². The maximum atomic E-state index is 12.3. The summed E-state index contributed by atoms with van der Waals surface area (Å²) in [5.74, 6) is 0.146. The summed E-state index contributed by atoms with van der Waals surface area (Å²) in [6, 6.07) is 0.0523. The zero-order valence-electron chi connectivity index (χ0n) is 8.98. The molecule has 16 heavy (non-hydrogen) atoms. The van der Waals surface area contributed by atoms with Gasteiger partial charge in [-0.25, -0.2) is 8.42 Å². The number of aromatic nitrogens is 2. The fourth-order valence-corrected chi connectivity index (χ4v) is 4.09. The van der Waals surface area contributed by atoms with Crippen LogP contribution < -0.4 is 0 Å². The lowest BCUT2D eigenvalue weighted by Crippen LogP contribution is -2.34. The van der Waals surface area contributed by atoms with Gasteiger partial charge in [0.2, 0.25) is 0 Å². The second-order valence-electron chi connectivity index (χ2n) is 3.97. The highest BCUT2D eigenvalue weighted by Gasteiger charge is 2.34. The molecule has 0 aliphatic carbocycles. The van der Waals surface area contributed by atoms with Crippen molar-refractivity contribution in [3.8, 4) is 0 Å². The summed E-state index contributed by atoms with van der Waals surface area (Å²) in [6.07, 6.45) is 3.27. The number of alkyl halides is 1. The zero-order chi connectivity index (χ0) is 11.8. The van der Waals surface area contributed by atoms with Crippen LogP contribution >= 0.6 is 11.6 Å². The highest BCUT2D eigenvalue weighted by atomic mass is 35.5. The van der Waals surface area contributed by atoms with Gasteiger partial charge in [-0.05, 0) is 19.8 Å². The van der Waals surface area contributed by atoms with E-state index in [1.807, 2.05) is 6.92 Å². The molecule has 0 amide bonds. The standard InChI is InChI=1S/C9H14ClN3O2S/c1-7-3-2-4-13(7)16(14,15)9-8(5-10)6-11-12-9/h6-7H,2-5H2,1H3,(H,11,12). The predicted octanol–water partition coefficient (Wildman–Crippen LogP) is 1.32. The summed E-state index contributed by atoms with van der Waals surface area (Å²) >= 11 is 5.68. The molecule has 1 aromatic rings. The Labute approximate surface area is 99.8 Å². The van der Waals surface area contributed by atoms with Crippen LogP contribution in [-0.2, 0) is 15.9 Å². The number of hydrogen-bond donors (Lipinski definition) is 1. The molecule has 1 unspecified atom stereocenters. The van der Waals surface area contributed by atoms with Crippen LogP contribution in [0.25, 0.3) is 0 Å². The summed E-state index contributed by atoms with van der Waals surface area (Å²) in [5, 5.41) is 6.41. The van der Waals surface area contributed by atoms with E-state index in [1.165, 1.54) is 10.5 Å². The minimum atomic E-state index is -3.46. The van der Waals surface area contributed by atoms with E-state index in [2.05, 4.69) is 10.2 Å². The van der Waals surface area contributed by atoms with Crippen molar-refractivity contribution in [2.24, 2.45) is 0 Å². The van der Waals surface area contributed by atoms with Gasteiger partial charge in [0.1, 0.15) is 0 Å². The first kappa shape index (κ1) is 11.9. The van der Waals surface area contributed by atoms with Crippen LogP contribution in [-0.4, -0.2) is 35.5 Å². The third-order valence-electron chi connectivity index (χ3n) is 2.88. The number of nitrogens with zero attached hydrogens (tertiary/aromatic N) is 2. The molecule has 0 spiro atoms. The molecule has 1 aliphatic rings. The highest BCUT2D eigenvalue weighted by Crippen LogP contribution is 2.26. The molecule has 0 bridgehead atoms. The van der Waals surface area contributed by atoms with Gasteiger partial charge in [-0.2, -0.15) is 9.40 Å². The number of halogens is 1. The number of hydrogen-bond acceptors (Lipinski definition) is 3. The van der Waals surface area contributed by atoms with Gasteiger partial charge in [0, 0.05) is 18.2 Å². The second-order valence-corrected chi connectivity index (χ2v) is 6.06. The largest absolute Gasteiger partial charge is 0.266 e. The van der Waals surface area contributed by atoms with E-state index in [4.69, 9.17) is 11.6 Å². The smallest absolute Gasteiger partial charge is 0.260 e. The van der Waals surface area contributed by atoms with Gasteiger partial charge in [0.25, 0.3) is 10.0 Å². The Kier molecular flexibility index (Phi) is 3.23. The van der Waals surface area contributed by atoms with Crippen LogP contribution in [0.3, 0.4) is 0 Å². The van der Waals surface area contributed by atoms with Crippen LogP contribution in [0, 0.1) is 0 Å². The number of rotatable bonds is 3. The van der Waals surface area contributed by atoms with Crippen LogP contribution in [0.1, 0.15) is 25.3 Å². The molecule has 1 aromatic heterocycles. The van der Waals surface area contributed by atoms with Crippen molar-refractivity contribution in [3.63, 3.8) is 0 Å². The molecule has 0 saturated carbocycles. The van der Waals surface area contributed by atoms with Gasteiger partial charge in [0.05, 0.1) is 12.1 Å². The molecule has 1 saturated heterocycles. The van der Waals surface area contributed by atoms with Crippen molar-refractivity contribution >= 4 is 21.6 Å². The van der Waals surface area contributed by atoms with E-state index < -0.39 is 10.0 Å². The van der Waals surface area contributed by atoms with Crippen molar-refractivity contribution < 1.29 is 8.42 Å². The summed E-state index contributed by atoms with van der Waals surface area (Å²) in [4.78, 5) is 0. The normalized spacial score (nSPS) is 22.8. The topological polar surface area (TPSA) is 66.1 Å². The number of sulfonamides is 1. The Balaban J connectivity index is 2.39. The summed E-state index contributed by atoms with van der Waals surface area (Å²) < 4.78 is 26.1. The fraction of sp³-hybridized carbons (Fsp3) is 0.667. The number of aromatic amines is 1. The van der Waals surface area contributed by atoms with Gasteiger partial charge in [-0.3, -0.25) is 5.10 Å². The lowest BCUT2D eigenvalue weighted by Gasteiger charge is -2.20. The second kappa shape index (κ2) is 4.35. The van der Waals surface area contributed by atoms with Crippen LogP contribution in [0.2, 0.25) is 0 Å². The Morgan fingerprint density at radius 1 is 1.69 bits per heavy atom. The van der Waals surface area contributed by atoms with Crippen molar-refractivity contribution in [2.45, 2.75) is 36.7 Å². The van der Waals surface area contributed by atoms with E-state index in [9.17, 15) is 8.42 Å². The molecule has 2 rings (SSSR count). The highest BCUT2D eigenvalue weighted by molar-refractivity contribution is 7.89. The van der Waals surface area contributed by atoms with Gasteiger partial charge >= 0.3 is 0 Å². The molecule has 1 atom stereocenters. The maximum absolute atomic E-state index is 12.3. The summed E-state index contributed by atoms with van der Waals surface area (Å²) in [5.41, 5.74) is 0.528. The molecule has 0 aromatic carbocycles. The summed E-state index contributed by atoms with van der Waals surface area (Å²) in [6.45, 7) is 2.49. The maximum Gasteiger partial charge on any atom is 0.260 e. The number of H-pyrrole nitrogens is 1. The first-order valence-corrected chi connectivity index (χ1v) is 7.15. The monoisotopic (exact) mass is 263 g/mol. The first-order valence-electron chi connectivity index (χ1n) is 5.17. The fourth-order valence-electron chi connectivity index (χ4n) is 2.00. The van der Waals surface area contributed by atoms with Crippen LogP contribution in [0.4, 0.5) is 0 Å². The molecule has 1 N–H and O–H groups in total. The van der Waals surface area contributed by atoms with E-state index in [1.54, 1.807) is 0 Å². The van der Waals surface area contributed by atoms with E-state index in [-0.39, 0.29) is 16.9 Å². The van der Waals surface area contributed by atoms with E-state index in [0.29, 0.717) is 12.1 Å². The van der Waals surface area contributed by atoms with E-state index >= 15 is 0 Å². The van der Waals surface area contributed by atoms with Crippen molar-refractivity contribution in [3.05, 3.63) is 11.8 Å². The molecule has 1 aliphatic heterocycles. The van der Waals surface area contributed by atoms with Crippen LogP contribution in [0.5, 0.6) is 0 Å². The summed E-state index contributed by atoms with van der Waals surface area (Å²) in [7, 11) is -3.46. The molecule has 1 fully saturated rings. The average molecular weight is 264 g/mol. The number of nitrogens with one attached hydrogen (secondary N) is 1. The minimum absolute atomic E-state index is 0.0523. The molecule has 7 heteroatoms. The molecule has 0 radical (unpaired) electrons. The van der Waals surface area contributed by atoms with Crippen molar-refractivity contribution in [2.75, 3.05) is 6.54 Å². The van der Waals surface area contributed by atoms with Gasteiger partial charge in [-0.15, -0.1) is 11.6 Å². The SMILES string of the molecule is CC1CCCN1S(=O)(=O)c1[nH]ncc1CCl. The predicted molar refractivity (Wildman–Crippen MR) is 60.7 cm³/mol. The van der Waals surface area contributed by atoms with Crippen molar-refractivity contribution in [1.82, 2.24) is 14.5 Å². The quantitative estimate of drug-likeness (QED) is 0.837. The lowest BCUT2D eigenvalue weighted by atomic mass is 10.3. The molecule has 5 nitrogen and oxygen atoms in total. The zero-order valence-corrected chi connectivity index (χ0v) is 10.6. The van der Waals surface area contributed by atoms with Crippen molar-refractivity contribution in [1.29, 1.82) is 0 Å². The van der Waals surface area contributed by atoms with Gasteiger partial charge in [-0.1, -0.05) is 0 Å². The average Bonchev–Trinajstić information content (AvgIpc) is 2.85.